The number of hydrogen-bond donors (Lipinski definition) is 4. The molecule has 2 aromatic heterocycles. The van der Waals surface area contributed by atoms with Crippen molar-refractivity contribution in [2.45, 2.75) is 74.2 Å². The highest BCUT2D eigenvalue weighted by atomic mass is 32.2. The van der Waals surface area contributed by atoms with Gasteiger partial charge in [-0.2, -0.15) is 8.78 Å². The molecule has 2 heterocycles. The summed E-state index contributed by atoms with van der Waals surface area (Å²) in [4.78, 5) is 13.0. The zero-order valence-electron chi connectivity index (χ0n) is 20.8. The molecule has 40 heavy (non-hydrogen) atoms. The number of sulfonamides is 1. The van der Waals surface area contributed by atoms with E-state index in [0.717, 1.165) is 11.3 Å². The Morgan fingerprint density at radius 1 is 1.27 bits per heavy atom. The van der Waals surface area contributed by atoms with E-state index in [1.807, 2.05) is 0 Å². The zero-order valence-corrected chi connectivity index (χ0v) is 23.3. The van der Waals surface area contributed by atoms with Gasteiger partial charge in [-0.25, -0.2) is 31.0 Å². The van der Waals surface area contributed by atoms with Crippen LogP contribution in [0, 0.1) is 5.92 Å². The van der Waals surface area contributed by atoms with Gasteiger partial charge in [-0.15, -0.1) is 16.4 Å². The maximum atomic E-state index is 13.5. The van der Waals surface area contributed by atoms with Crippen molar-refractivity contribution in [1.29, 1.82) is 0 Å². The lowest BCUT2D eigenvalue weighted by Gasteiger charge is -2.35. The van der Waals surface area contributed by atoms with Crippen LogP contribution < -0.4 is 25.4 Å². The molecule has 5 rings (SSSR count). The van der Waals surface area contributed by atoms with Gasteiger partial charge in [0.05, 0.1) is 5.92 Å². The van der Waals surface area contributed by atoms with E-state index in [4.69, 9.17) is 12.2 Å². The number of aromatic nitrogens is 2. The number of ether oxygens (including phenoxy) is 1. The summed E-state index contributed by atoms with van der Waals surface area (Å²) in [5.41, 5.74) is 0.409. The number of nitrogens with one attached hydrogen (secondary N) is 4. The Labute approximate surface area is 235 Å². The van der Waals surface area contributed by atoms with Gasteiger partial charge in [0.2, 0.25) is 21.8 Å². The van der Waals surface area contributed by atoms with Crippen molar-refractivity contribution in [3.05, 3.63) is 16.5 Å². The van der Waals surface area contributed by atoms with Gasteiger partial charge in [0, 0.05) is 42.9 Å². The molecule has 1 amide bonds. The van der Waals surface area contributed by atoms with Crippen molar-refractivity contribution >= 4 is 55.4 Å². The van der Waals surface area contributed by atoms with E-state index >= 15 is 0 Å². The van der Waals surface area contributed by atoms with Crippen LogP contribution in [0.4, 0.5) is 32.8 Å². The number of carbonyl (C=O) groups is 1. The van der Waals surface area contributed by atoms with Crippen LogP contribution >= 0.6 is 23.6 Å². The first-order valence-corrected chi connectivity index (χ1v) is 15.0. The van der Waals surface area contributed by atoms with Gasteiger partial charge in [0.25, 0.3) is 5.92 Å². The van der Waals surface area contributed by atoms with E-state index in [0.29, 0.717) is 23.3 Å². The molecule has 0 aliphatic heterocycles. The largest absolute Gasteiger partial charge is 0.415 e. The molecule has 0 unspecified atom stereocenters. The van der Waals surface area contributed by atoms with Crippen LogP contribution in [-0.4, -0.2) is 60.0 Å². The van der Waals surface area contributed by atoms with Crippen LogP contribution in [0.5, 0.6) is 5.88 Å². The molecule has 2 fully saturated rings. The number of alkyl halides is 5. The van der Waals surface area contributed by atoms with Crippen LogP contribution in [0.3, 0.4) is 0 Å². The maximum absolute atomic E-state index is 13.5. The number of nitrogens with zero attached hydrogens (tertiary/aromatic N) is 2. The van der Waals surface area contributed by atoms with Crippen LogP contribution in [0.15, 0.2) is 11.0 Å². The third kappa shape index (κ3) is 6.33. The quantitative estimate of drug-likeness (QED) is 0.246. The van der Waals surface area contributed by atoms with Gasteiger partial charge in [-0.05, 0) is 43.5 Å². The Bertz CT molecular complexity index is 1420. The molecule has 2 aromatic rings. The normalized spacial score (nSPS) is 23.7. The van der Waals surface area contributed by atoms with E-state index < -0.39 is 59.4 Å². The number of anilines is 2. The van der Waals surface area contributed by atoms with Crippen LogP contribution in [0.25, 0.3) is 0 Å². The van der Waals surface area contributed by atoms with Gasteiger partial charge in [0.1, 0.15) is 21.9 Å². The van der Waals surface area contributed by atoms with Gasteiger partial charge in [-0.3, -0.25) is 4.79 Å². The third-order valence-corrected chi connectivity index (χ3v) is 10.0. The summed E-state index contributed by atoms with van der Waals surface area (Å²) < 4.78 is 99.8. The Morgan fingerprint density at radius 3 is 2.60 bits per heavy atom. The summed E-state index contributed by atoms with van der Waals surface area (Å²) in [7, 11) is -2.83. The van der Waals surface area contributed by atoms with E-state index in [9.17, 15) is 35.2 Å². The molecule has 0 bridgehead atoms. The summed E-state index contributed by atoms with van der Waals surface area (Å²) in [6, 6.07) is -0.0871. The van der Waals surface area contributed by atoms with Crippen molar-refractivity contribution < 1.29 is 39.9 Å². The molecular weight excluding hydrogens is 603 g/mol. The minimum absolute atomic E-state index is 0.0236. The number of carbonyl (C=O) groups excluding carboxylic acids is 1. The van der Waals surface area contributed by atoms with Crippen molar-refractivity contribution in [1.82, 2.24) is 19.8 Å². The lowest BCUT2D eigenvalue weighted by molar-refractivity contribution is -0.117. The van der Waals surface area contributed by atoms with Crippen LogP contribution in [0.1, 0.15) is 36.1 Å². The fourth-order valence-electron chi connectivity index (χ4n) is 4.75. The average molecular weight is 629 g/mol. The predicted molar refractivity (Wildman–Crippen MR) is 139 cm³/mol. The zero-order chi connectivity index (χ0) is 29.0. The first-order valence-electron chi connectivity index (χ1n) is 12.3. The summed E-state index contributed by atoms with van der Waals surface area (Å²) >= 11 is 6.41. The molecule has 0 radical (unpaired) electrons. The van der Waals surface area contributed by atoms with Crippen LogP contribution in [-0.2, 0) is 34.7 Å². The highest BCUT2D eigenvalue weighted by Crippen LogP contribution is 2.44. The van der Waals surface area contributed by atoms with E-state index in [-0.39, 0.29) is 45.6 Å². The predicted octanol–water partition coefficient (Wildman–Crippen LogP) is 3.30. The standard InChI is InChI=1S/C22H25F5N6O4S3/c1-33-15(6-16(31-33)37-20(24)25)29-21(38)28-9-2-3-14-12(4-9)17(19(39-14)30-18(34)11-5-13(11)23)40(35,36)32-10-7-22(26,27)8-10/h6,9-11,13,20,32H,2-5,7-8H2,1H3,(H,30,34)(H2,28,29,38)/t9-,11-,13-/m0/s1. The summed E-state index contributed by atoms with van der Waals surface area (Å²) in [6.07, 6.45) is -1.37. The average Bonchev–Trinajstić information content (AvgIpc) is 3.29. The molecule has 3 aliphatic rings. The highest BCUT2D eigenvalue weighted by molar-refractivity contribution is 7.90. The SMILES string of the molecule is Cn1nc(OC(F)F)cc1NC(=S)N[C@H]1CCc2sc(NC(=O)[C@H]3C[C@@H]3F)c(S(=O)(=O)NC3CC(F)(F)C3)c2C1. The lowest BCUT2D eigenvalue weighted by atomic mass is 9.89. The second kappa shape index (κ2) is 10.7. The topological polar surface area (TPSA) is 126 Å². The van der Waals surface area contributed by atoms with Gasteiger partial charge in [-0.1, -0.05) is 0 Å². The summed E-state index contributed by atoms with van der Waals surface area (Å²) in [5.74, 6) is -4.48. The van der Waals surface area contributed by atoms with E-state index in [2.05, 4.69) is 30.5 Å². The Kier molecular flexibility index (Phi) is 7.73. The molecule has 0 saturated heterocycles. The maximum Gasteiger partial charge on any atom is 0.388 e. The number of hydrogen-bond acceptors (Lipinski definition) is 7. The van der Waals surface area contributed by atoms with Crippen molar-refractivity contribution in [2.24, 2.45) is 13.0 Å². The number of rotatable bonds is 9. The van der Waals surface area contributed by atoms with Crippen molar-refractivity contribution in [2.75, 3.05) is 10.6 Å². The van der Waals surface area contributed by atoms with Gasteiger partial charge < -0.3 is 20.7 Å². The smallest absolute Gasteiger partial charge is 0.388 e. The molecule has 18 heteroatoms. The van der Waals surface area contributed by atoms with Crippen molar-refractivity contribution in [3.8, 4) is 5.88 Å². The summed E-state index contributed by atoms with van der Waals surface area (Å²) in [6.45, 7) is -3.05. The fourth-order valence-corrected chi connectivity index (χ4v) is 8.24. The molecule has 0 spiro atoms. The molecular formula is C22H25F5N6O4S3. The number of fused-ring (bicyclic) bond motifs is 1. The molecule has 10 nitrogen and oxygen atoms in total. The minimum Gasteiger partial charge on any atom is -0.415 e. The molecule has 4 N–H and O–H groups in total. The summed E-state index contributed by atoms with van der Waals surface area (Å²) in [5, 5.41) is 12.4. The molecule has 3 atom stereocenters. The molecule has 3 aliphatic carbocycles. The number of thiophene rings is 1. The van der Waals surface area contributed by atoms with E-state index in [1.165, 1.54) is 17.8 Å². The van der Waals surface area contributed by atoms with Gasteiger partial charge >= 0.3 is 6.61 Å². The lowest BCUT2D eigenvalue weighted by Crippen LogP contribution is -2.50. The first kappa shape index (κ1) is 28.9. The monoisotopic (exact) mass is 628 g/mol. The fraction of sp³-hybridized carbons (Fsp3) is 0.591. The third-order valence-electron chi connectivity index (χ3n) is 6.82. The number of aryl methyl sites for hydroxylation is 2. The molecule has 0 aromatic carbocycles. The number of halogens is 5. The number of amides is 1. The van der Waals surface area contributed by atoms with Crippen molar-refractivity contribution in [3.63, 3.8) is 0 Å². The molecule has 220 valence electrons. The number of thiocarbonyl (C=S) groups is 1. The second-order valence-corrected chi connectivity index (χ2v) is 13.2. The first-order chi connectivity index (χ1) is 18.7. The molecule has 2 saturated carbocycles. The Hall–Kier alpha value is -2.57. The highest BCUT2D eigenvalue weighted by Gasteiger charge is 2.48. The van der Waals surface area contributed by atoms with E-state index in [1.54, 1.807) is 0 Å². The minimum atomic E-state index is -4.32. The second-order valence-electron chi connectivity index (χ2n) is 10.0. The Balaban J connectivity index is 1.33. The van der Waals surface area contributed by atoms with Gasteiger partial charge in [0.15, 0.2) is 5.11 Å². The van der Waals surface area contributed by atoms with Crippen LogP contribution in [0.2, 0.25) is 0 Å². The Morgan fingerprint density at radius 2 is 1.98 bits per heavy atom.